The van der Waals surface area contributed by atoms with Crippen LogP contribution in [0.2, 0.25) is 0 Å². The van der Waals surface area contributed by atoms with Crippen LogP contribution >= 0.6 is 0 Å². The van der Waals surface area contributed by atoms with Gasteiger partial charge in [0.25, 0.3) is 0 Å². The van der Waals surface area contributed by atoms with Crippen molar-refractivity contribution in [1.82, 2.24) is 10.2 Å². The summed E-state index contributed by atoms with van der Waals surface area (Å²) in [6, 6.07) is 9.53. The monoisotopic (exact) mass is 405 g/mol. The Bertz CT molecular complexity index is 843. The summed E-state index contributed by atoms with van der Waals surface area (Å²) in [6.45, 7) is 3.10. The minimum atomic E-state index is -0.572. The van der Waals surface area contributed by atoms with Gasteiger partial charge >= 0.3 is 0 Å². The molecule has 0 fully saturated rings. The number of hydrogen-bond donors (Lipinski definition) is 1. The highest BCUT2D eigenvalue weighted by Crippen LogP contribution is 2.27. The average Bonchev–Trinajstić information content (AvgIpc) is 2.72. The van der Waals surface area contributed by atoms with E-state index in [1.807, 2.05) is 37.1 Å². The maximum absolute atomic E-state index is 14.0. The number of guanidine groups is 1. The standard InChI is InChI=1S/C22H29F2N3O2/c1-15(18-8-7-17(23)13-19(18)24)14-26-22(25-2)27(3)11-10-16-6-9-20(28-4)21(12-16)29-5/h6-9,12-13,15H,10-11,14H2,1-5H3,(H,25,26). The van der Waals surface area contributed by atoms with Crippen LogP contribution in [0.15, 0.2) is 41.4 Å². The van der Waals surface area contributed by atoms with Crippen LogP contribution in [0.1, 0.15) is 24.0 Å². The Kier molecular flexibility index (Phi) is 8.24. The Labute approximate surface area is 171 Å². The molecule has 0 aromatic heterocycles. The Morgan fingerprint density at radius 3 is 2.45 bits per heavy atom. The molecule has 7 heteroatoms. The molecule has 2 aromatic rings. The first-order valence-electron chi connectivity index (χ1n) is 9.47. The second-order valence-electron chi connectivity index (χ2n) is 6.86. The van der Waals surface area contributed by atoms with Gasteiger partial charge in [-0.1, -0.05) is 19.1 Å². The predicted octanol–water partition coefficient (Wildman–Crippen LogP) is 3.84. The molecule has 0 spiro atoms. The molecule has 1 atom stereocenters. The van der Waals surface area contributed by atoms with Gasteiger partial charge in [-0.2, -0.15) is 0 Å². The number of nitrogens with zero attached hydrogens (tertiary/aromatic N) is 2. The van der Waals surface area contributed by atoms with Crippen molar-refractivity contribution in [3.63, 3.8) is 0 Å². The van der Waals surface area contributed by atoms with Gasteiger partial charge in [0.2, 0.25) is 0 Å². The highest BCUT2D eigenvalue weighted by atomic mass is 19.1. The topological polar surface area (TPSA) is 46.1 Å². The van der Waals surface area contributed by atoms with E-state index in [1.54, 1.807) is 21.3 Å². The molecule has 0 saturated heterocycles. The zero-order chi connectivity index (χ0) is 21.4. The van der Waals surface area contributed by atoms with Gasteiger partial charge in [0, 0.05) is 39.2 Å². The van der Waals surface area contributed by atoms with Gasteiger partial charge in [-0.15, -0.1) is 0 Å². The summed E-state index contributed by atoms with van der Waals surface area (Å²) in [5.74, 6) is 0.869. The first-order chi connectivity index (χ1) is 13.9. The van der Waals surface area contributed by atoms with E-state index in [1.165, 1.54) is 12.1 Å². The number of aliphatic imine (C=N–C) groups is 1. The van der Waals surface area contributed by atoms with E-state index in [0.717, 1.165) is 24.6 Å². The number of rotatable bonds is 8. The summed E-state index contributed by atoms with van der Waals surface area (Å²) in [5, 5.41) is 3.26. The van der Waals surface area contributed by atoms with Gasteiger partial charge in [-0.05, 0) is 35.7 Å². The average molecular weight is 405 g/mol. The number of hydrogen-bond acceptors (Lipinski definition) is 3. The van der Waals surface area contributed by atoms with E-state index in [0.29, 0.717) is 29.6 Å². The molecule has 0 saturated carbocycles. The second kappa shape index (κ2) is 10.6. The fourth-order valence-electron chi connectivity index (χ4n) is 3.08. The normalized spacial score (nSPS) is 12.4. The number of likely N-dealkylation sites (N-methyl/N-ethyl adjacent to an activating group) is 1. The van der Waals surface area contributed by atoms with Gasteiger partial charge in [0.15, 0.2) is 17.5 Å². The van der Waals surface area contributed by atoms with Gasteiger partial charge in [0.05, 0.1) is 14.2 Å². The van der Waals surface area contributed by atoms with Crippen LogP contribution in [0.3, 0.4) is 0 Å². The minimum Gasteiger partial charge on any atom is -0.493 e. The number of methoxy groups -OCH3 is 2. The molecule has 2 rings (SSSR count). The summed E-state index contributed by atoms with van der Waals surface area (Å²) in [6.07, 6.45) is 0.791. The molecule has 158 valence electrons. The van der Waals surface area contributed by atoms with E-state index in [9.17, 15) is 8.78 Å². The molecule has 0 aliphatic heterocycles. The second-order valence-corrected chi connectivity index (χ2v) is 6.86. The van der Waals surface area contributed by atoms with E-state index < -0.39 is 11.6 Å². The van der Waals surface area contributed by atoms with Crippen LogP contribution in [0.25, 0.3) is 0 Å². The number of ether oxygens (including phenoxy) is 2. The van der Waals surface area contributed by atoms with E-state index in [4.69, 9.17) is 9.47 Å². The van der Waals surface area contributed by atoms with Crippen molar-refractivity contribution in [1.29, 1.82) is 0 Å². The molecular weight excluding hydrogens is 376 g/mol. The summed E-state index contributed by atoms with van der Waals surface area (Å²) in [4.78, 5) is 6.30. The van der Waals surface area contributed by atoms with E-state index in [-0.39, 0.29) is 5.92 Å². The lowest BCUT2D eigenvalue weighted by atomic mass is 10.0. The van der Waals surface area contributed by atoms with Gasteiger partial charge in [-0.25, -0.2) is 8.78 Å². The maximum Gasteiger partial charge on any atom is 0.193 e. The molecule has 0 heterocycles. The number of halogens is 2. The minimum absolute atomic E-state index is 0.133. The zero-order valence-corrected chi connectivity index (χ0v) is 17.6. The van der Waals surface area contributed by atoms with Crippen LogP contribution in [0.5, 0.6) is 11.5 Å². The summed E-state index contributed by atoms with van der Waals surface area (Å²) < 4.78 is 37.7. The molecule has 29 heavy (non-hydrogen) atoms. The third-order valence-corrected chi connectivity index (χ3v) is 4.82. The molecule has 0 bridgehead atoms. The van der Waals surface area contributed by atoms with Gasteiger partial charge in [0.1, 0.15) is 11.6 Å². The Morgan fingerprint density at radius 1 is 1.10 bits per heavy atom. The number of nitrogens with one attached hydrogen (secondary N) is 1. The van der Waals surface area contributed by atoms with Crippen LogP contribution in [0, 0.1) is 11.6 Å². The Hall–Kier alpha value is -2.83. The largest absolute Gasteiger partial charge is 0.493 e. The van der Waals surface area contributed by atoms with Crippen molar-refractivity contribution in [2.75, 3.05) is 41.4 Å². The molecule has 0 aliphatic rings. The van der Waals surface area contributed by atoms with Crippen LogP contribution < -0.4 is 14.8 Å². The van der Waals surface area contributed by atoms with Crippen molar-refractivity contribution < 1.29 is 18.3 Å². The van der Waals surface area contributed by atoms with Crippen LogP contribution in [-0.4, -0.2) is 52.3 Å². The summed E-state index contributed by atoms with van der Waals surface area (Å²) in [7, 11) is 6.88. The summed E-state index contributed by atoms with van der Waals surface area (Å²) in [5.41, 5.74) is 1.59. The molecule has 0 amide bonds. The zero-order valence-electron chi connectivity index (χ0n) is 17.6. The molecule has 1 N–H and O–H groups in total. The predicted molar refractivity (Wildman–Crippen MR) is 112 cm³/mol. The SMILES string of the molecule is CN=C(NCC(C)c1ccc(F)cc1F)N(C)CCc1ccc(OC)c(OC)c1. The van der Waals surface area contributed by atoms with E-state index >= 15 is 0 Å². The van der Waals surface area contributed by atoms with Crippen molar-refractivity contribution in [3.05, 3.63) is 59.2 Å². The quantitative estimate of drug-likeness (QED) is 0.536. The fraction of sp³-hybridized carbons (Fsp3) is 0.409. The molecule has 0 aliphatic carbocycles. The van der Waals surface area contributed by atoms with Crippen LogP contribution in [0.4, 0.5) is 8.78 Å². The lowest BCUT2D eigenvalue weighted by Gasteiger charge is -2.24. The first kappa shape index (κ1) is 22.5. The van der Waals surface area contributed by atoms with E-state index in [2.05, 4.69) is 10.3 Å². The van der Waals surface area contributed by atoms with Crippen molar-refractivity contribution in [3.8, 4) is 11.5 Å². The Morgan fingerprint density at radius 2 is 1.83 bits per heavy atom. The van der Waals surface area contributed by atoms with Gasteiger partial charge in [-0.3, -0.25) is 4.99 Å². The molecule has 5 nitrogen and oxygen atoms in total. The third-order valence-electron chi connectivity index (χ3n) is 4.82. The lowest BCUT2D eigenvalue weighted by molar-refractivity contribution is 0.354. The highest BCUT2D eigenvalue weighted by Gasteiger charge is 2.14. The lowest BCUT2D eigenvalue weighted by Crippen LogP contribution is -2.41. The molecule has 2 aromatic carbocycles. The van der Waals surface area contributed by atoms with Crippen LogP contribution in [-0.2, 0) is 6.42 Å². The van der Waals surface area contributed by atoms with Crippen molar-refractivity contribution in [2.24, 2.45) is 4.99 Å². The molecular formula is C22H29F2N3O2. The Balaban J connectivity index is 1.92. The highest BCUT2D eigenvalue weighted by molar-refractivity contribution is 5.79. The fourth-order valence-corrected chi connectivity index (χ4v) is 3.08. The van der Waals surface area contributed by atoms with Gasteiger partial charge < -0.3 is 19.7 Å². The molecule has 1 unspecified atom stereocenters. The smallest absolute Gasteiger partial charge is 0.193 e. The van der Waals surface area contributed by atoms with Crippen molar-refractivity contribution >= 4 is 5.96 Å². The summed E-state index contributed by atoms with van der Waals surface area (Å²) >= 11 is 0. The first-order valence-corrected chi connectivity index (χ1v) is 9.47. The molecule has 0 radical (unpaired) electrons. The third kappa shape index (κ3) is 6.07. The maximum atomic E-state index is 14.0. The number of benzene rings is 2. The van der Waals surface area contributed by atoms with Crippen molar-refractivity contribution in [2.45, 2.75) is 19.3 Å².